The molecule has 4 nitrogen and oxygen atoms in total. The van der Waals surface area contributed by atoms with Crippen LogP contribution in [0.15, 0.2) is 70.0 Å². The minimum absolute atomic E-state index is 0.0884. The molecule has 0 spiro atoms. The van der Waals surface area contributed by atoms with Crippen LogP contribution in [0.1, 0.15) is 13.3 Å². The zero-order valence-electron chi connectivity index (χ0n) is 11.7. The summed E-state index contributed by atoms with van der Waals surface area (Å²) in [5.74, 6) is -0.488. The summed E-state index contributed by atoms with van der Waals surface area (Å²) in [6.07, 6.45) is 6.60. The lowest BCUT2D eigenvalue weighted by Gasteiger charge is -2.07. The summed E-state index contributed by atoms with van der Waals surface area (Å²) >= 11 is 0. The van der Waals surface area contributed by atoms with Crippen LogP contribution < -0.4 is 0 Å². The van der Waals surface area contributed by atoms with Crippen molar-refractivity contribution in [1.29, 1.82) is 0 Å². The van der Waals surface area contributed by atoms with E-state index in [1.54, 1.807) is 37.3 Å². The van der Waals surface area contributed by atoms with E-state index < -0.39 is 15.8 Å². The normalized spacial score (nSPS) is 14.9. The van der Waals surface area contributed by atoms with Gasteiger partial charge in [-0.15, -0.1) is 0 Å². The quantitative estimate of drug-likeness (QED) is 0.803. The molecule has 0 amide bonds. The molecule has 110 valence electrons. The number of carbonyl (C=O) groups is 1. The van der Waals surface area contributed by atoms with Gasteiger partial charge in [0.05, 0.1) is 16.4 Å². The first kappa shape index (κ1) is 15.3. The van der Waals surface area contributed by atoms with Crippen molar-refractivity contribution in [3.63, 3.8) is 0 Å². The predicted octanol–water partition coefficient (Wildman–Crippen LogP) is 2.79. The fourth-order valence-electron chi connectivity index (χ4n) is 1.91. The molecule has 0 radical (unpaired) electrons. The van der Waals surface area contributed by atoms with Crippen molar-refractivity contribution in [2.24, 2.45) is 0 Å². The molecule has 0 unspecified atom stereocenters. The van der Waals surface area contributed by atoms with Crippen molar-refractivity contribution in [2.45, 2.75) is 18.2 Å². The Morgan fingerprint density at radius 1 is 1.24 bits per heavy atom. The van der Waals surface area contributed by atoms with Crippen molar-refractivity contribution >= 4 is 15.8 Å². The average Bonchev–Trinajstić information content (AvgIpc) is 2.75. The van der Waals surface area contributed by atoms with E-state index in [1.165, 1.54) is 24.3 Å². The largest absolute Gasteiger partial charge is 0.463 e. The first-order valence-electron chi connectivity index (χ1n) is 6.60. The lowest BCUT2D eigenvalue weighted by molar-refractivity contribution is -0.138. The second-order valence-corrected chi connectivity index (χ2v) is 6.36. The molecule has 1 aliphatic carbocycles. The van der Waals surface area contributed by atoms with Crippen molar-refractivity contribution in [3.05, 3.63) is 65.1 Å². The fourth-order valence-corrected chi connectivity index (χ4v) is 3.25. The summed E-state index contributed by atoms with van der Waals surface area (Å²) in [4.78, 5) is 12.1. The standard InChI is InChI=1S/C16H16O4S/c1-2-20-16(17)13-8-6-7-11-15(12-13)21(18,19)14-9-4-3-5-10-14/h3-7,9-12H,2,8H2,1H3. The molecule has 0 bridgehead atoms. The highest BCUT2D eigenvalue weighted by Crippen LogP contribution is 2.24. The first-order chi connectivity index (χ1) is 10.1. The summed E-state index contributed by atoms with van der Waals surface area (Å²) in [6.45, 7) is 1.97. The third kappa shape index (κ3) is 3.49. The molecule has 1 aliphatic rings. The lowest BCUT2D eigenvalue weighted by Crippen LogP contribution is -2.09. The number of benzene rings is 1. The van der Waals surface area contributed by atoms with E-state index in [0.29, 0.717) is 12.0 Å². The smallest absolute Gasteiger partial charge is 0.334 e. The van der Waals surface area contributed by atoms with Crippen LogP contribution >= 0.6 is 0 Å². The van der Waals surface area contributed by atoms with Gasteiger partial charge in [0.2, 0.25) is 9.84 Å². The van der Waals surface area contributed by atoms with Gasteiger partial charge in [0.1, 0.15) is 0 Å². The van der Waals surface area contributed by atoms with Gasteiger partial charge in [-0.3, -0.25) is 0 Å². The zero-order chi connectivity index (χ0) is 15.3. The Morgan fingerprint density at radius 2 is 1.95 bits per heavy atom. The van der Waals surface area contributed by atoms with Gasteiger partial charge in [0.25, 0.3) is 0 Å². The molecule has 1 aromatic carbocycles. The number of hydrogen-bond donors (Lipinski definition) is 0. The van der Waals surface area contributed by atoms with E-state index in [2.05, 4.69) is 0 Å². The maximum atomic E-state index is 12.6. The van der Waals surface area contributed by atoms with Crippen molar-refractivity contribution in [1.82, 2.24) is 0 Å². The van der Waals surface area contributed by atoms with Crippen LogP contribution in [-0.4, -0.2) is 21.0 Å². The predicted molar refractivity (Wildman–Crippen MR) is 80.2 cm³/mol. The molecule has 0 saturated heterocycles. The Hall–Kier alpha value is -2.14. The molecular formula is C16H16O4S. The SMILES string of the molecule is CCOC(=O)C1=CC(S(=O)(=O)c2ccccc2)=CC=CC1. The molecule has 0 aromatic heterocycles. The van der Waals surface area contributed by atoms with Gasteiger partial charge < -0.3 is 4.74 Å². The number of rotatable bonds is 4. The number of hydrogen-bond acceptors (Lipinski definition) is 4. The van der Waals surface area contributed by atoms with Gasteiger partial charge in [-0.25, -0.2) is 13.2 Å². The Labute approximate surface area is 124 Å². The zero-order valence-corrected chi connectivity index (χ0v) is 12.5. The van der Waals surface area contributed by atoms with Crippen LogP contribution in [0.2, 0.25) is 0 Å². The van der Waals surface area contributed by atoms with Gasteiger partial charge in [-0.05, 0) is 37.6 Å². The molecule has 21 heavy (non-hydrogen) atoms. The molecule has 2 rings (SSSR count). The molecule has 5 heteroatoms. The van der Waals surface area contributed by atoms with Crippen LogP contribution in [0.5, 0.6) is 0 Å². The summed E-state index contributed by atoms with van der Waals surface area (Å²) < 4.78 is 30.1. The molecule has 0 N–H and O–H groups in total. The number of allylic oxidation sites excluding steroid dienone is 4. The van der Waals surface area contributed by atoms with Crippen LogP contribution in [0.4, 0.5) is 0 Å². The molecule has 1 aromatic rings. The maximum absolute atomic E-state index is 12.6. The van der Waals surface area contributed by atoms with Gasteiger partial charge >= 0.3 is 5.97 Å². The van der Waals surface area contributed by atoms with Crippen LogP contribution in [0.3, 0.4) is 0 Å². The van der Waals surface area contributed by atoms with E-state index in [0.717, 1.165) is 0 Å². The van der Waals surface area contributed by atoms with E-state index in [9.17, 15) is 13.2 Å². The Balaban J connectivity index is 2.42. The Kier molecular flexibility index (Phi) is 4.75. The number of sulfone groups is 1. The van der Waals surface area contributed by atoms with E-state index in [-0.39, 0.29) is 16.4 Å². The minimum atomic E-state index is -3.64. The topological polar surface area (TPSA) is 60.4 Å². The van der Waals surface area contributed by atoms with E-state index in [4.69, 9.17) is 4.74 Å². The number of ether oxygens (including phenoxy) is 1. The van der Waals surface area contributed by atoms with E-state index >= 15 is 0 Å². The number of carbonyl (C=O) groups excluding carboxylic acids is 1. The lowest BCUT2D eigenvalue weighted by atomic mass is 10.2. The van der Waals surface area contributed by atoms with Gasteiger partial charge in [0, 0.05) is 5.57 Å². The molecule has 0 atom stereocenters. The maximum Gasteiger partial charge on any atom is 0.334 e. The summed E-state index contributed by atoms with van der Waals surface area (Å²) in [5.41, 5.74) is 0.330. The molecule has 0 fully saturated rings. The monoisotopic (exact) mass is 304 g/mol. The van der Waals surface area contributed by atoms with Crippen LogP contribution in [0, 0.1) is 0 Å². The van der Waals surface area contributed by atoms with Gasteiger partial charge in [-0.1, -0.05) is 30.4 Å². The molecule has 0 heterocycles. The highest BCUT2D eigenvalue weighted by atomic mass is 32.2. The highest BCUT2D eigenvalue weighted by Gasteiger charge is 2.21. The van der Waals surface area contributed by atoms with Crippen molar-refractivity contribution in [3.8, 4) is 0 Å². The second-order valence-electron chi connectivity index (χ2n) is 4.41. The minimum Gasteiger partial charge on any atom is -0.463 e. The van der Waals surface area contributed by atoms with Gasteiger partial charge in [-0.2, -0.15) is 0 Å². The van der Waals surface area contributed by atoms with Crippen molar-refractivity contribution in [2.75, 3.05) is 6.61 Å². The molecule has 0 aliphatic heterocycles. The second kappa shape index (κ2) is 6.54. The highest BCUT2D eigenvalue weighted by molar-refractivity contribution is 7.95. The third-order valence-corrected chi connectivity index (χ3v) is 4.72. The first-order valence-corrected chi connectivity index (χ1v) is 8.08. The third-order valence-electron chi connectivity index (χ3n) is 2.95. The molecular weight excluding hydrogens is 288 g/mol. The Bertz CT molecular complexity index is 710. The average molecular weight is 304 g/mol. The Morgan fingerprint density at radius 3 is 2.62 bits per heavy atom. The summed E-state index contributed by atoms with van der Waals surface area (Å²) in [6, 6.07) is 8.14. The van der Waals surface area contributed by atoms with Crippen LogP contribution in [-0.2, 0) is 19.4 Å². The summed E-state index contributed by atoms with van der Waals surface area (Å²) in [5, 5.41) is 0. The molecule has 0 saturated carbocycles. The van der Waals surface area contributed by atoms with Gasteiger partial charge in [0.15, 0.2) is 0 Å². The van der Waals surface area contributed by atoms with E-state index in [1.807, 2.05) is 0 Å². The summed E-state index contributed by atoms with van der Waals surface area (Å²) in [7, 11) is -3.64. The fraction of sp³-hybridized carbons (Fsp3) is 0.188. The number of esters is 1. The van der Waals surface area contributed by atoms with Crippen molar-refractivity contribution < 1.29 is 17.9 Å². The van der Waals surface area contributed by atoms with Crippen LogP contribution in [0.25, 0.3) is 0 Å².